The molecule has 0 fully saturated rings. The van der Waals surface area contributed by atoms with Gasteiger partial charge in [0.15, 0.2) is 0 Å². The average molecular weight is 198 g/mol. The Hall–Kier alpha value is -1.10. The lowest BCUT2D eigenvalue weighted by molar-refractivity contribution is 0.472. The summed E-state index contributed by atoms with van der Waals surface area (Å²) in [6, 6.07) is 0.266. The number of anilines is 1. The summed E-state index contributed by atoms with van der Waals surface area (Å²) in [5.74, 6) is 0.475. The van der Waals surface area contributed by atoms with E-state index in [4.69, 9.17) is 10.2 Å². The molecule has 1 heterocycles. The van der Waals surface area contributed by atoms with Crippen LogP contribution in [0, 0.1) is 0 Å². The Bertz CT molecular complexity index is 259. The van der Waals surface area contributed by atoms with Gasteiger partial charge in [0.1, 0.15) is 0 Å². The van der Waals surface area contributed by atoms with Crippen molar-refractivity contribution < 1.29 is 4.42 Å². The van der Waals surface area contributed by atoms with E-state index in [0.29, 0.717) is 11.9 Å². The number of hydrogen-bond acceptors (Lipinski definition) is 5. The van der Waals surface area contributed by atoms with E-state index < -0.39 is 0 Å². The lowest BCUT2D eigenvalue weighted by Gasteiger charge is -1.99. The highest BCUT2D eigenvalue weighted by Crippen LogP contribution is 2.11. The second-order valence-electron chi connectivity index (χ2n) is 3.37. The lowest BCUT2D eigenvalue weighted by Crippen LogP contribution is -2.04. The molecule has 1 aromatic rings. The quantitative estimate of drug-likeness (QED) is 0.680. The molecule has 80 valence electrons. The Kier molecular flexibility index (Phi) is 4.39. The molecule has 0 amide bonds. The summed E-state index contributed by atoms with van der Waals surface area (Å²) in [4.78, 5) is 0. The maximum atomic E-state index is 5.58. The van der Waals surface area contributed by atoms with E-state index in [1.54, 1.807) is 0 Å². The molecule has 0 saturated heterocycles. The van der Waals surface area contributed by atoms with Crippen LogP contribution in [-0.2, 0) is 0 Å². The summed E-state index contributed by atoms with van der Waals surface area (Å²) in [5.41, 5.74) is 5.58. The molecule has 1 rings (SSSR count). The minimum Gasteiger partial charge on any atom is -0.406 e. The van der Waals surface area contributed by atoms with Crippen molar-refractivity contribution in [3.05, 3.63) is 5.89 Å². The fourth-order valence-corrected chi connectivity index (χ4v) is 1.06. The van der Waals surface area contributed by atoms with Gasteiger partial charge in [-0.15, -0.1) is 5.10 Å². The third kappa shape index (κ3) is 3.33. The maximum absolute atomic E-state index is 5.58. The van der Waals surface area contributed by atoms with Crippen LogP contribution < -0.4 is 11.1 Å². The number of aromatic nitrogens is 2. The second-order valence-corrected chi connectivity index (χ2v) is 3.37. The Labute approximate surface area is 84.1 Å². The third-order valence-electron chi connectivity index (χ3n) is 1.89. The first kappa shape index (κ1) is 11.0. The van der Waals surface area contributed by atoms with Crippen molar-refractivity contribution >= 4 is 6.01 Å². The number of nitrogens with one attached hydrogen (secondary N) is 1. The zero-order chi connectivity index (χ0) is 10.4. The molecule has 0 saturated carbocycles. The van der Waals surface area contributed by atoms with E-state index in [1.165, 1.54) is 12.8 Å². The van der Waals surface area contributed by atoms with Gasteiger partial charge in [-0.2, -0.15) is 0 Å². The zero-order valence-electron chi connectivity index (χ0n) is 8.79. The SMILES string of the molecule is CCCCCNc1nnc(C(C)N)o1. The molecule has 1 unspecified atom stereocenters. The summed E-state index contributed by atoms with van der Waals surface area (Å²) in [7, 11) is 0. The van der Waals surface area contributed by atoms with Crippen molar-refractivity contribution in [2.24, 2.45) is 5.73 Å². The molecule has 0 aromatic carbocycles. The van der Waals surface area contributed by atoms with E-state index in [-0.39, 0.29) is 6.04 Å². The van der Waals surface area contributed by atoms with E-state index in [9.17, 15) is 0 Å². The van der Waals surface area contributed by atoms with E-state index in [0.717, 1.165) is 13.0 Å². The molecule has 1 aromatic heterocycles. The van der Waals surface area contributed by atoms with E-state index in [2.05, 4.69) is 22.4 Å². The van der Waals surface area contributed by atoms with Crippen LogP contribution in [0.15, 0.2) is 4.42 Å². The molecule has 0 spiro atoms. The van der Waals surface area contributed by atoms with Gasteiger partial charge in [0, 0.05) is 6.54 Å². The smallest absolute Gasteiger partial charge is 0.315 e. The van der Waals surface area contributed by atoms with Gasteiger partial charge in [-0.1, -0.05) is 24.9 Å². The number of nitrogens with zero attached hydrogens (tertiary/aromatic N) is 2. The van der Waals surface area contributed by atoms with Crippen LogP contribution in [0.1, 0.15) is 45.0 Å². The molecule has 0 aliphatic rings. The Morgan fingerprint density at radius 1 is 1.43 bits per heavy atom. The van der Waals surface area contributed by atoms with Gasteiger partial charge in [-0.3, -0.25) is 0 Å². The summed E-state index contributed by atoms with van der Waals surface area (Å²) >= 11 is 0. The van der Waals surface area contributed by atoms with Crippen molar-refractivity contribution in [1.82, 2.24) is 10.2 Å². The summed E-state index contributed by atoms with van der Waals surface area (Å²) < 4.78 is 5.27. The normalized spacial score (nSPS) is 12.8. The minimum atomic E-state index is -0.200. The molecular formula is C9H18N4O. The van der Waals surface area contributed by atoms with Gasteiger partial charge in [0.25, 0.3) is 0 Å². The van der Waals surface area contributed by atoms with E-state index >= 15 is 0 Å². The number of hydrogen-bond donors (Lipinski definition) is 2. The number of rotatable bonds is 6. The monoisotopic (exact) mass is 198 g/mol. The zero-order valence-corrected chi connectivity index (χ0v) is 8.79. The second kappa shape index (κ2) is 5.59. The van der Waals surface area contributed by atoms with Gasteiger partial charge in [0.05, 0.1) is 6.04 Å². The minimum absolute atomic E-state index is 0.200. The predicted molar refractivity (Wildman–Crippen MR) is 54.9 cm³/mol. The van der Waals surface area contributed by atoms with Crippen LogP contribution in [0.5, 0.6) is 0 Å². The molecule has 0 radical (unpaired) electrons. The van der Waals surface area contributed by atoms with E-state index in [1.807, 2.05) is 6.92 Å². The molecule has 0 aliphatic heterocycles. The number of unbranched alkanes of at least 4 members (excludes halogenated alkanes) is 2. The first-order chi connectivity index (χ1) is 6.74. The highest BCUT2D eigenvalue weighted by atomic mass is 16.4. The van der Waals surface area contributed by atoms with Crippen LogP contribution in [-0.4, -0.2) is 16.7 Å². The highest BCUT2D eigenvalue weighted by Gasteiger charge is 2.08. The van der Waals surface area contributed by atoms with Crippen molar-refractivity contribution in [2.75, 3.05) is 11.9 Å². The molecule has 5 heteroatoms. The molecule has 1 atom stereocenters. The summed E-state index contributed by atoms with van der Waals surface area (Å²) in [5, 5.41) is 10.7. The Morgan fingerprint density at radius 2 is 2.21 bits per heavy atom. The van der Waals surface area contributed by atoms with Crippen molar-refractivity contribution in [1.29, 1.82) is 0 Å². The Balaban J connectivity index is 2.29. The molecule has 14 heavy (non-hydrogen) atoms. The largest absolute Gasteiger partial charge is 0.406 e. The van der Waals surface area contributed by atoms with Gasteiger partial charge in [-0.05, 0) is 13.3 Å². The number of nitrogens with two attached hydrogens (primary N) is 1. The van der Waals surface area contributed by atoms with Crippen molar-refractivity contribution in [3.8, 4) is 0 Å². The highest BCUT2D eigenvalue weighted by molar-refractivity contribution is 5.16. The summed E-state index contributed by atoms with van der Waals surface area (Å²) in [6.45, 7) is 4.85. The van der Waals surface area contributed by atoms with Gasteiger partial charge < -0.3 is 15.5 Å². The van der Waals surface area contributed by atoms with Gasteiger partial charge in [-0.25, -0.2) is 0 Å². The maximum Gasteiger partial charge on any atom is 0.315 e. The predicted octanol–water partition coefficient (Wildman–Crippen LogP) is 1.69. The van der Waals surface area contributed by atoms with Crippen LogP contribution in [0.2, 0.25) is 0 Å². The van der Waals surface area contributed by atoms with Crippen molar-refractivity contribution in [2.45, 2.75) is 39.2 Å². The van der Waals surface area contributed by atoms with Gasteiger partial charge in [0.2, 0.25) is 5.89 Å². The molecular weight excluding hydrogens is 180 g/mol. The van der Waals surface area contributed by atoms with Gasteiger partial charge >= 0.3 is 6.01 Å². The molecule has 5 nitrogen and oxygen atoms in total. The average Bonchev–Trinajstić information content (AvgIpc) is 2.61. The summed E-state index contributed by atoms with van der Waals surface area (Å²) in [6.07, 6.45) is 3.53. The standard InChI is InChI=1S/C9H18N4O/c1-3-4-5-6-11-9-13-12-8(14-9)7(2)10/h7H,3-6,10H2,1-2H3,(H,11,13). The van der Waals surface area contributed by atoms with Crippen LogP contribution in [0.25, 0.3) is 0 Å². The fourth-order valence-electron chi connectivity index (χ4n) is 1.06. The Morgan fingerprint density at radius 3 is 2.79 bits per heavy atom. The topological polar surface area (TPSA) is 77.0 Å². The third-order valence-corrected chi connectivity index (χ3v) is 1.89. The lowest BCUT2D eigenvalue weighted by atomic mass is 10.2. The molecule has 0 aliphatic carbocycles. The molecule has 0 bridgehead atoms. The van der Waals surface area contributed by atoms with Crippen LogP contribution in [0.4, 0.5) is 6.01 Å². The van der Waals surface area contributed by atoms with Crippen LogP contribution >= 0.6 is 0 Å². The van der Waals surface area contributed by atoms with Crippen LogP contribution in [0.3, 0.4) is 0 Å². The first-order valence-corrected chi connectivity index (χ1v) is 5.07. The molecule has 3 N–H and O–H groups in total. The first-order valence-electron chi connectivity index (χ1n) is 5.07. The fraction of sp³-hybridized carbons (Fsp3) is 0.778. The van der Waals surface area contributed by atoms with Crippen molar-refractivity contribution in [3.63, 3.8) is 0 Å².